The average molecular weight is 304 g/mol. The lowest BCUT2D eigenvalue weighted by Gasteiger charge is -2.28. The second-order valence-corrected chi connectivity index (χ2v) is 6.24. The van der Waals surface area contributed by atoms with Gasteiger partial charge >= 0.3 is 0 Å². The highest BCUT2D eigenvalue weighted by atomic mass is 32.2. The van der Waals surface area contributed by atoms with E-state index in [0.29, 0.717) is 6.54 Å². The number of primary sulfonamides is 1. The molecule has 0 bridgehead atoms. The Bertz CT molecular complexity index is 579. The van der Waals surface area contributed by atoms with Gasteiger partial charge in [-0.25, -0.2) is 17.9 Å². The Balaban J connectivity index is 2.00. The summed E-state index contributed by atoms with van der Waals surface area (Å²) < 4.78 is 46.8. The van der Waals surface area contributed by atoms with Crippen LogP contribution in [0, 0.1) is 5.82 Å². The largest absolute Gasteiger partial charge is 0.488 e. The summed E-state index contributed by atoms with van der Waals surface area (Å²) in [6, 6.07) is 3.29. The van der Waals surface area contributed by atoms with Gasteiger partial charge < -0.3 is 14.8 Å². The summed E-state index contributed by atoms with van der Waals surface area (Å²) in [6.45, 7) is 3.51. The molecule has 20 heavy (non-hydrogen) atoms. The highest BCUT2D eigenvalue weighted by Crippen LogP contribution is 2.21. The number of rotatable bonds is 4. The van der Waals surface area contributed by atoms with Crippen LogP contribution in [0.4, 0.5) is 4.39 Å². The van der Waals surface area contributed by atoms with Gasteiger partial charge in [-0.3, -0.25) is 0 Å². The first-order valence-corrected chi connectivity index (χ1v) is 7.72. The van der Waals surface area contributed by atoms with Crippen LogP contribution in [0.25, 0.3) is 0 Å². The molecule has 8 heteroatoms. The van der Waals surface area contributed by atoms with Gasteiger partial charge in [0.2, 0.25) is 10.0 Å². The number of nitrogens with one attached hydrogen (secondary N) is 1. The fourth-order valence-corrected chi connectivity index (χ4v) is 2.45. The standard InChI is InChI=1S/C12H17FN2O4S/c1-8-5-15-6-9(19-8)7-18-12-3-2-10(4-11(12)13)20(14,16)17/h2-4,8-9,15H,5-7H2,1H3,(H2,14,16,17). The van der Waals surface area contributed by atoms with E-state index < -0.39 is 15.8 Å². The first-order chi connectivity index (χ1) is 9.36. The molecule has 0 saturated carbocycles. The minimum atomic E-state index is -3.92. The first-order valence-electron chi connectivity index (χ1n) is 6.17. The Morgan fingerprint density at radius 1 is 1.50 bits per heavy atom. The molecule has 0 aliphatic carbocycles. The summed E-state index contributed by atoms with van der Waals surface area (Å²) in [6.07, 6.45) is -0.0944. The fourth-order valence-electron chi connectivity index (χ4n) is 1.93. The lowest BCUT2D eigenvalue weighted by atomic mass is 10.2. The number of halogens is 1. The van der Waals surface area contributed by atoms with Crippen LogP contribution >= 0.6 is 0 Å². The summed E-state index contributed by atoms with van der Waals surface area (Å²) in [5.41, 5.74) is 0. The molecule has 0 amide bonds. The molecule has 2 unspecified atom stereocenters. The van der Waals surface area contributed by atoms with Crippen molar-refractivity contribution in [3.63, 3.8) is 0 Å². The maximum absolute atomic E-state index is 13.7. The van der Waals surface area contributed by atoms with Crippen molar-refractivity contribution in [2.45, 2.75) is 24.0 Å². The van der Waals surface area contributed by atoms with Crippen LogP contribution in [0.1, 0.15) is 6.92 Å². The van der Waals surface area contributed by atoms with Gasteiger partial charge in [-0.15, -0.1) is 0 Å². The SMILES string of the molecule is CC1CNCC(COc2ccc(S(N)(=O)=O)cc2F)O1. The van der Waals surface area contributed by atoms with Crippen molar-refractivity contribution in [2.24, 2.45) is 5.14 Å². The summed E-state index contributed by atoms with van der Waals surface area (Å²) in [5.74, 6) is -0.799. The molecular formula is C12H17FN2O4S. The van der Waals surface area contributed by atoms with Crippen LogP contribution in [0.15, 0.2) is 23.1 Å². The zero-order valence-corrected chi connectivity index (χ0v) is 11.8. The van der Waals surface area contributed by atoms with E-state index >= 15 is 0 Å². The molecule has 1 aromatic carbocycles. The van der Waals surface area contributed by atoms with Gasteiger partial charge in [-0.2, -0.15) is 0 Å². The number of hydrogen-bond acceptors (Lipinski definition) is 5. The lowest BCUT2D eigenvalue weighted by molar-refractivity contribution is -0.0475. The van der Waals surface area contributed by atoms with Gasteiger partial charge in [0, 0.05) is 13.1 Å². The number of hydrogen-bond donors (Lipinski definition) is 2. The zero-order chi connectivity index (χ0) is 14.8. The minimum Gasteiger partial charge on any atom is -0.488 e. The fraction of sp³-hybridized carbons (Fsp3) is 0.500. The molecule has 0 radical (unpaired) electrons. The third-order valence-corrected chi connectivity index (χ3v) is 3.80. The van der Waals surface area contributed by atoms with Gasteiger partial charge in [0.25, 0.3) is 0 Å². The second kappa shape index (κ2) is 6.04. The molecule has 1 aromatic rings. The van der Waals surface area contributed by atoms with E-state index in [2.05, 4.69) is 5.32 Å². The van der Waals surface area contributed by atoms with Crippen molar-refractivity contribution in [2.75, 3.05) is 19.7 Å². The molecule has 112 valence electrons. The molecule has 1 heterocycles. The third-order valence-electron chi connectivity index (χ3n) is 2.89. The average Bonchev–Trinajstić information content (AvgIpc) is 2.36. The number of ether oxygens (including phenoxy) is 2. The Morgan fingerprint density at radius 3 is 2.85 bits per heavy atom. The van der Waals surface area contributed by atoms with Crippen LogP contribution in [0.2, 0.25) is 0 Å². The molecule has 2 rings (SSSR count). The Morgan fingerprint density at radius 2 is 2.25 bits per heavy atom. The van der Waals surface area contributed by atoms with Crippen LogP contribution in [-0.2, 0) is 14.8 Å². The molecule has 1 aliphatic heterocycles. The highest BCUT2D eigenvalue weighted by molar-refractivity contribution is 7.89. The molecular weight excluding hydrogens is 287 g/mol. The van der Waals surface area contributed by atoms with Crippen LogP contribution < -0.4 is 15.2 Å². The Labute approximate surface area is 117 Å². The molecule has 3 N–H and O–H groups in total. The van der Waals surface area contributed by atoms with Crippen molar-refractivity contribution in [1.29, 1.82) is 0 Å². The van der Waals surface area contributed by atoms with Gasteiger partial charge in [0.05, 0.1) is 11.0 Å². The molecule has 2 atom stereocenters. The summed E-state index contributed by atoms with van der Waals surface area (Å²) in [7, 11) is -3.92. The Kier molecular flexibility index (Phi) is 4.59. The monoisotopic (exact) mass is 304 g/mol. The molecule has 6 nitrogen and oxygen atoms in total. The van der Waals surface area contributed by atoms with E-state index in [0.717, 1.165) is 12.6 Å². The highest BCUT2D eigenvalue weighted by Gasteiger charge is 2.20. The van der Waals surface area contributed by atoms with E-state index in [1.54, 1.807) is 0 Å². The van der Waals surface area contributed by atoms with Gasteiger partial charge in [-0.1, -0.05) is 0 Å². The summed E-state index contributed by atoms with van der Waals surface area (Å²) in [4.78, 5) is -0.286. The van der Waals surface area contributed by atoms with E-state index in [1.807, 2.05) is 6.92 Å². The van der Waals surface area contributed by atoms with Crippen molar-refractivity contribution in [3.8, 4) is 5.75 Å². The van der Waals surface area contributed by atoms with E-state index in [1.165, 1.54) is 12.1 Å². The topological polar surface area (TPSA) is 90.6 Å². The number of nitrogens with two attached hydrogens (primary N) is 1. The molecule has 1 saturated heterocycles. The van der Waals surface area contributed by atoms with Gasteiger partial charge in [0.1, 0.15) is 12.7 Å². The van der Waals surface area contributed by atoms with E-state index in [-0.39, 0.29) is 29.5 Å². The van der Waals surface area contributed by atoms with Crippen LogP contribution in [0.5, 0.6) is 5.75 Å². The zero-order valence-electron chi connectivity index (χ0n) is 11.0. The lowest BCUT2D eigenvalue weighted by Crippen LogP contribution is -2.45. The quantitative estimate of drug-likeness (QED) is 0.831. The predicted molar refractivity (Wildman–Crippen MR) is 70.5 cm³/mol. The van der Waals surface area contributed by atoms with Crippen molar-refractivity contribution in [1.82, 2.24) is 5.32 Å². The predicted octanol–water partition coefficient (Wildman–Crippen LogP) is 0.229. The van der Waals surface area contributed by atoms with E-state index in [9.17, 15) is 12.8 Å². The third kappa shape index (κ3) is 3.89. The second-order valence-electron chi connectivity index (χ2n) is 4.68. The molecule has 1 aliphatic rings. The smallest absolute Gasteiger partial charge is 0.238 e. The molecule has 0 spiro atoms. The van der Waals surface area contributed by atoms with Crippen LogP contribution in [0.3, 0.4) is 0 Å². The normalized spacial score (nSPS) is 23.6. The van der Waals surface area contributed by atoms with Crippen LogP contribution in [-0.4, -0.2) is 40.3 Å². The maximum Gasteiger partial charge on any atom is 0.238 e. The van der Waals surface area contributed by atoms with Crippen molar-refractivity contribution < 1.29 is 22.3 Å². The number of benzene rings is 1. The number of morpholine rings is 1. The first kappa shape index (κ1) is 15.2. The molecule has 1 fully saturated rings. The molecule has 0 aromatic heterocycles. The maximum atomic E-state index is 13.7. The van der Waals surface area contributed by atoms with Gasteiger partial charge in [0.15, 0.2) is 11.6 Å². The van der Waals surface area contributed by atoms with Gasteiger partial charge in [-0.05, 0) is 25.1 Å². The summed E-state index contributed by atoms with van der Waals surface area (Å²) >= 11 is 0. The minimum absolute atomic E-state index is 0.0285. The number of sulfonamides is 1. The van der Waals surface area contributed by atoms with E-state index in [4.69, 9.17) is 14.6 Å². The van der Waals surface area contributed by atoms with Crippen molar-refractivity contribution in [3.05, 3.63) is 24.0 Å². The summed E-state index contributed by atoms with van der Waals surface area (Å²) in [5, 5.41) is 8.09. The van der Waals surface area contributed by atoms with Crippen molar-refractivity contribution >= 4 is 10.0 Å². The Hall–Kier alpha value is -1.22.